The van der Waals surface area contributed by atoms with Gasteiger partial charge >= 0.3 is 0 Å². The molecule has 0 heterocycles. The molecule has 0 aromatic rings. The van der Waals surface area contributed by atoms with Crippen LogP contribution in [0.4, 0.5) is 0 Å². The fourth-order valence-electron chi connectivity index (χ4n) is 1.29. The lowest BCUT2D eigenvalue weighted by atomic mass is 9.72. The largest absolute Gasteiger partial charge is 0.103 e. The molecule has 0 spiro atoms. The summed E-state index contributed by atoms with van der Waals surface area (Å²) in [4.78, 5) is 0. The van der Waals surface area contributed by atoms with Gasteiger partial charge in [-0.3, -0.25) is 0 Å². The lowest BCUT2D eigenvalue weighted by Crippen LogP contribution is -2.22. The maximum Gasteiger partial charge on any atom is -0.0102 e. The van der Waals surface area contributed by atoms with Crippen molar-refractivity contribution in [3.8, 4) is 0 Å². The van der Waals surface area contributed by atoms with Crippen LogP contribution in [-0.2, 0) is 0 Å². The van der Waals surface area contributed by atoms with Crippen molar-refractivity contribution < 1.29 is 0 Å². The summed E-state index contributed by atoms with van der Waals surface area (Å²) in [5.74, 6) is 1.24. The molecule has 0 atom stereocenters. The first-order valence-corrected chi connectivity index (χ1v) is 4.81. The summed E-state index contributed by atoms with van der Waals surface area (Å²) < 4.78 is 0. The van der Waals surface area contributed by atoms with Crippen molar-refractivity contribution in [1.29, 1.82) is 0 Å². The van der Waals surface area contributed by atoms with E-state index >= 15 is 0 Å². The molecule has 0 bridgehead atoms. The second-order valence-corrected chi connectivity index (χ2v) is 3.47. The maximum atomic E-state index is 4.10. The van der Waals surface area contributed by atoms with Crippen LogP contribution in [-0.4, -0.2) is 0 Å². The Bertz CT molecular complexity index is 176. The van der Waals surface area contributed by atoms with Crippen LogP contribution in [0.5, 0.6) is 0 Å². The third-order valence-corrected chi connectivity index (χ3v) is 2.16. The zero-order valence-corrected chi connectivity index (χ0v) is 8.97. The first kappa shape index (κ1) is 13.2. The van der Waals surface area contributed by atoms with Gasteiger partial charge in [-0.05, 0) is 50.9 Å². The molecular formula is C14H20. The second-order valence-electron chi connectivity index (χ2n) is 3.47. The highest BCUT2D eigenvalue weighted by atomic mass is 14.3. The first-order chi connectivity index (χ1) is 6.58. The molecule has 0 fully saturated rings. The van der Waals surface area contributed by atoms with Gasteiger partial charge in [0.25, 0.3) is 0 Å². The zero-order chi connectivity index (χ0) is 11.0. The van der Waals surface area contributed by atoms with Crippen LogP contribution >= 0.6 is 0 Å². The standard InChI is InChI=1S/C14H20/c1-6-9-12-14(4,5)13(10-7-2)11-8-3/h6-8,12H,1-5,9-11H2. The lowest BCUT2D eigenvalue weighted by molar-refractivity contribution is 0.536. The summed E-state index contributed by atoms with van der Waals surface area (Å²) in [5.41, 5.74) is -0.351. The van der Waals surface area contributed by atoms with Crippen molar-refractivity contribution >= 4 is 0 Å². The van der Waals surface area contributed by atoms with Gasteiger partial charge in [-0.15, -0.1) is 19.7 Å². The normalized spacial score (nSPS) is 11.4. The quantitative estimate of drug-likeness (QED) is 0.502. The summed E-state index contributed by atoms with van der Waals surface area (Å²) in [6.45, 7) is 19.3. The molecule has 76 valence electrons. The monoisotopic (exact) mass is 188 g/mol. The summed E-state index contributed by atoms with van der Waals surface area (Å²) in [6, 6.07) is 0. The smallest absolute Gasteiger partial charge is 0.0102 e. The Kier molecular flexibility index (Phi) is 6.27. The van der Waals surface area contributed by atoms with Gasteiger partial charge in [-0.1, -0.05) is 18.2 Å². The summed E-state index contributed by atoms with van der Waals surface area (Å²) in [7, 11) is 0. The summed E-state index contributed by atoms with van der Waals surface area (Å²) in [6.07, 6.45) is 10.2. The molecule has 14 heavy (non-hydrogen) atoms. The van der Waals surface area contributed by atoms with Crippen LogP contribution in [0.3, 0.4) is 0 Å². The average molecular weight is 188 g/mol. The Morgan fingerprint density at radius 3 is 1.79 bits per heavy atom. The molecule has 4 radical (unpaired) electrons. The van der Waals surface area contributed by atoms with E-state index in [1.807, 2.05) is 18.2 Å². The SMILES string of the molecule is [CH2]C([CH2])([CH]CC=C)[C](CC=C)CC=C. The fraction of sp³-hybridized carbons (Fsp3) is 0.286. The Hall–Kier alpha value is -0.780. The van der Waals surface area contributed by atoms with Crippen LogP contribution in [0, 0.1) is 31.6 Å². The van der Waals surface area contributed by atoms with Gasteiger partial charge < -0.3 is 0 Å². The third-order valence-electron chi connectivity index (χ3n) is 2.16. The highest BCUT2D eigenvalue weighted by molar-refractivity contribution is 5.21. The van der Waals surface area contributed by atoms with E-state index in [4.69, 9.17) is 0 Å². The van der Waals surface area contributed by atoms with Crippen LogP contribution in [0.1, 0.15) is 19.3 Å². The van der Waals surface area contributed by atoms with Crippen molar-refractivity contribution in [3.63, 3.8) is 0 Å². The van der Waals surface area contributed by atoms with Crippen LogP contribution in [0.2, 0.25) is 0 Å². The summed E-state index contributed by atoms with van der Waals surface area (Å²) in [5, 5.41) is 0. The molecule has 0 N–H and O–H groups in total. The number of hydrogen-bond donors (Lipinski definition) is 0. The minimum absolute atomic E-state index is 0.351. The molecule has 0 aliphatic heterocycles. The molecule has 0 amide bonds. The van der Waals surface area contributed by atoms with E-state index in [9.17, 15) is 0 Å². The number of allylic oxidation sites excluding steroid dienone is 3. The molecule has 0 aliphatic rings. The van der Waals surface area contributed by atoms with Gasteiger partial charge in [0, 0.05) is 0 Å². The third kappa shape index (κ3) is 4.45. The first-order valence-electron chi connectivity index (χ1n) is 4.81. The van der Waals surface area contributed by atoms with Crippen LogP contribution in [0.25, 0.3) is 0 Å². The lowest BCUT2D eigenvalue weighted by Gasteiger charge is -2.32. The fourth-order valence-corrected chi connectivity index (χ4v) is 1.29. The summed E-state index contributed by atoms with van der Waals surface area (Å²) >= 11 is 0. The van der Waals surface area contributed by atoms with E-state index in [2.05, 4.69) is 40.0 Å². The topological polar surface area (TPSA) is 0 Å². The van der Waals surface area contributed by atoms with E-state index in [-0.39, 0.29) is 5.41 Å². The van der Waals surface area contributed by atoms with E-state index in [0.717, 1.165) is 19.3 Å². The molecule has 0 saturated heterocycles. The van der Waals surface area contributed by atoms with Gasteiger partial charge in [0.05, 0.1) is 0 Å². The van der Waals surface area contributed by atoms with E-state index in [1.54, 1.807) is 0 Å². The Balaban J connectivity index is 4.33. The Morgan fingerprint density at radius 2 is 1.43 bits per heavy atom. The van der Waals surface area contributed by atoms with Crippen molar-refractivity contribution in [3.05, 3.63) is 64.2 Å². The molecule has 0 rings (SSSR count). The van der Waals surface area contributed by atoms with Crippen molar-refractivity contribution in [2.45, 2.75) is 19.3 Å². The van der Waals surface area contributed by atoms with Crippen LogP contribution < -0.4 is 0 Å². The Morgan fingerprint density at radius 1 is 0.929 bits per heavy atom. The van der Waals surface area contributed by atoms with Gasteiger partial charge in [0.15, 0.2) is 0 Å². The van der Waals surface area contributed by atoms with Crippen molar-refractivity contribution in [2.24, 2.45) is 5.41 Å². The highest BCUT2D eigenvalue weighted by Gasteiger charge is 2.27. The van der Waals surface area contributed by atoms with Gasteiger partial charge in [0.2, 0.25) is 0 Å². The minimum Gasteiger partial charge on any atom is -0.103 e. The van der Waals surface area contributed by atoms with Gasteiger partial charge in [0.1, 0.15) is 0 Å². The number of hydrogen-bond acceptors (Lipinski definition) is 0. The average Bonchev–Trinajstić information content (AvgIpc) is 2.14. The molecule has 0 aromatic carbocycles. The molecule has 0 aliphatic carbocycles. The molecule has 0 unspecified atom stereocenters. The molecule has 0 aromatic heterocycles. The zero-order valence-electron chi connectivity index (χ0n) is 8.97. The highest BCUT2D eigenvalue weighted by Crippen LogP contribution is 2.37. The molecule has 0 nitrogen and oxygen atoms in total. The van der Waals surface area contributed by atoms with Crippen molar-refractivity contribution in [1.82, 2.24) is 0 Å². The van der Waals surface area contributed by atoms with E-state index < -0.39 is 0 Å². The number of rotatable bonds is 8. The van der Waals surface area contributed by atoms with Gasteiger partial charge in [-0.2, -0.15) is 0 Å². The predicted molar refractivity (Wildman–Crippen MR) is 65.1 cm³/mol. The molecule has 0 saturated carbocycles. The molecule has 0 heteroatoms. The minimum atomic E-state index is -0.351. The van der Waals surface area contributed by atoms with Gasteiger partial charge in [-0.25, -0.2) is 0 Å². The van der Waals surface area contributed by atoms with E-state index in [0.29, 0.717) is 0 Å². The van der Waals surface area contributed by atoms with Crippen molar-refractivity contribution in [2.75, 3.05) is 0 Å². The van der Waals surface area contributed by atoms with Crippen LogP contribution in [0.15, 0.2) is 38.0 Å². The molecular weight excluding hydrogens is 168 g/mol. The van der Waals surface area contributed by atoms with E-state index in [1.165, 1.54) is 5.92 Å². The Labute approximate surface area is 89.4 Å². The second kappa shape index (κ2) is 6.64. The maximum absolute atomic E-state index is 4.10. The predicted octanol–water partition coefficient (Wildman–Crippen LogP) is 4.15.